The van der Waals surface area contributed by atoms with Crippen LogP contribution in [-0.4, -0.2) is 21.7 Å². The van der Waals surface area contributed by atoms with Crippen molar-refractivity contribution in [1.82, 2.24) is 14.6 Å². The molecule has 5 heteroatoms. The van der Waals surface area contributed by atoms with Crippen LogP contribution in [0.25, 0.3) is 5.65 Å². The Morgan fingerprint density at radius 3 is 2.69 bits per heavy atom. The molecule has 0 spiro atoms. The van der Waals surface area contributed by atoms with Gasteiger partial charge in [-0.2, -0.15) is 9.61 Å². The predicted molar refractivity (Wildman–Crippen MR) is 66.1 cm³/mol. The molecule has 0 N–H and O–H groups in total. The van der Waals surface area contributed by atoms with Gasteiger partial charge >= 0.3 is 0 Å². The number of ether oxygens (including phenoxy) is 1. The van der Waals surface area contributed by atoms with E-state index in [9.17, 15) is 0 Å². The van der Waals surface area contributed by atoms with Crippen LogP contribution in [0.5, 0.6) is 5.88 Å². The van der Waals surface area contributed by atoms with Crippen LogP contribution in [0.3, 0.4) is 0 Å². The maximum Gasteiger partial charge on any atom is 0.221 e. The molecule has 0 bridgehead atoms. The molecule has 0 aromatic carbocycles. The SMILES string of the molecule is COc1c(C(C)C)c(C)nc2c(Br)cnn12. The lowest BCUT2D eigenvalue weighted by Gasteiger charge is -2.15. The fourth-order valence-corrected chi connectivity index (χ4v) is 2.27. The third kappa shape index (κ3) is 1.59. The second kappa shape index (κ2) is 4.05. The van der Waals surface area contributed by atoms with E-state index in [2.05, 4.69) is 39.9 Å². The van der Waals surface area contributed by atoms with Gasteiger partial charge in [-0.05, 0) is 28.8 Å². The molecule has 2 aromatic heterocycles. The first-order valence-corrected chi connectivity index (χ1v) is 5.93. The van der Waals surface area contributed by atoms with E-state index in [1.807, 2.05) is 6.92 Å². The van der Waals surface area contributed by atoms with E-state index in [1.165, 1.54) is 0 Å². The number of aromatic nitrogens is 3. The van der Waals surface area contributed by atoms with Gasteiger partial charge in [0, 0.05) is 11.3 Å². The second-order valence-electron chi connectivity index (χ2n) is 4.00. The Hall–Kier alpha value is -1.10. The summed E-state index contributed by atoms with van der Waals surface area (Å²) in [4.78, 5) is 4.54. The fourth-order valence-electron chi connectivity index (χ4n) is 1.92. The third-order valence-electron chi connectivity index (χ3n) is 2.56. The van der Waals surface area contributed by atoms with E-state index in [-0.39, 0.29) is 0 Å². The van der Waals surface area contributed by atoms with Crippen molar-refractivity contribution in [2.75, 3.05) is 7.11 Å². The number of fused-ring (bicyclic) bond motifs is 1. The van der Waals surface area contributed by atoms with E-state index in [0.717, 1.165) is 27.3 Å². The molecule has 0 aliphatic carbocycles. The highest BCUT2D eigenvalue weighted by molar-refractivity contribution is 9.10. The summed E-state index contributed by atoms with van der Waals surface area (Å²) in [6.07, 6.45) is 1.73. The summed E-state index contributed by atoms with van der Waals surface area (Å²) >= 11 is 3.42. The number of nitrogens with zero attached hydrogens (tertiary/aromatic N) is 3. The standard InChI is InChI=1S/C11H14BrN3O/c1-6(2)9-7(3)14-10-8(12)5-13-15(10)11(9)16-4/h5-6H,1-4H3. The van der Waals surface area contributed by atoms with Crippen LogP contribution in [-0.2, 0) is 0 Å². The van der Waals surface area contributed by atoms with E-state index < -0.39 is 0 Å². The van der Waals surface area contributed by atoms with Crippen LogP contribution in [0.1, 0.15) is 31.0 Å². The van der Waals surface area contributed by atoms with E-state index in [1.54, 1.807) is 17.8 Å². The number of methoxy groups -OCH3 is 1. The van der Waals surface area contributed by atoms with Crippen LogP contribution in [0, 0.1) is 6.92 Å². The molecule has 0 aliphatic heterocycles. The molecule has 0 amide bonds. The van der Waals surface area contributed by atoms with Crippen LogP contribution >= 0.6 is 15.9 Å². The summed E-state index contributed by atoms with van der Waals surface area (Å²) in [6.45, 7) is 6.24. The van der Waals surface area contributed by atoms with Gasteiger partial charge in [0.15, 0.2) is 5.65 Å². The molecule has 16 heavy (non-hydrogen) atoms. The first kappa shape index (κ1) is 11.4. The largest absolute Gasteiger partial charge is 0.481 e. The lowest BCUT2D eigenvalue weighted by Crippen LogP contribution is -2.07. The maximum absolute atomic E-state index is 5.45. The molecule has 2 heterocycles. The van der Waals surface area contributed by atoms with Crippen molar-refractivity contribution in [3.63, 3.8) is 0 Å². The molecule has 4 nitrogen and oxygen atoms in total. The molecular weight excluding hydrogens is 270 g/mol. The summed E-state index contributed by atoms with van der Waals surface area (Å²) in [5.74, 6) is 1.12. The van der Waals surface area contributed by atoms with Gasteiger partial charge in [0.05, 0.1) is 17.8 Å². The van der Waals surface area contributed by atoms with E-state index in [4.69, 9.17) is 4.74 Å². The van der Waals surface area contributed by atoms with Crippen LogP contribution < -0.4 is 4.74 Å². The lowest BCUT2D eigenvalue weighted by molar-refractivity contribution is 0.376. The fraction of sp³-hybridized carbons (Fsp3) is 0.455. The molecule has 0 atom stereocenters. The number of aryl methyl sites for hydroxylation is 1. The van der Waals surface area contributed by atoms with Gasteiger partial charge in [-0.15, -0.1) is 0 Å². The summed E-state index contributed by atoms with van der Waals surface area (Å²) in [7, 11) is 1.66. The van der Waals surface area contributed by atoms with Crippen molar-refractivity contribution in [3.05, 3.63) is 21.9 Å². The Morgan fingerprint density at radius 2 is 2.12 bits per heavy atom. The minimum Gasteiger partial charge on any atom is -0.481 e. The Bertz CT molecular complexity index is 533. The number of hydrogen-bond acceptors (Lipinski definition) is 3. The monoisotopic (exact) mass is 283 g/mol. The molecule has 0 unspecified atom stereocenters. The Labute approximate surface area is 103 Å². The third-order valence-corrected chi connectivity index (χ3v) is 3.12. The zero-order chi connectivity index (χ0) is 11.9. The number of hydrogen-bond donors (Lipinski definition) is 0. The van der Waals surface area contributed by atoms with Gasteiger partial charge in [0.2, 0.25) is 5.88 Å². The minimum atomic E-state index is 0.356. The first-order chi connectivity index (χ1) is 7.56. The molecule has 2 rings (SSSR count). The number of rotatable bonds is 2. The zero-order valence-corrected chi connectivity index (χ0v) is 11.4. The summed E-state index contributed by atoms with van der Waals surface area (Å²) in [5, 5.41) is 4.26. The smallest absolute Gasteiger partial charge is 0.221 e. The minimum absolute atomic E-state index is 0.356. The molecule has 0 fully saturated rings. The average Bonchev–Trinajstić information content (AvgIpc) is 2.58. The molecule has 0 aliphatic rings. The van der Waals surface area contributed by atoms with Gasteiger partial charge in [0.25, 0.3) is 0 Å². The summed E-state index contributed by atoms with van der Waals surface area (Å²) in [5.41, 5.74) is 2.88. The summed E-state index contributed by atoms with van der Waals surface area (Å²) in [6, 6.07) is 0. The molecule has 0 saturated heterocycles. The highest BCUT2D eigenvalue weighted by Gasteiger charge is 2.18. The first-order valence-electron chi connectivity index (χ1n) is 5.14. The van der Waals surface area contributed by atoms with Crippen molar-refractivity contribution in [2.45, 2.75) is 26.7 Å². The lowest BCUT2D eigenvalue weighted by atomic mass is 10.0. The van der Waals surface area contributed by atoms with Gasteiger partial charge in [0.1, 0.15) is 0 Å². The highest BCUT2D eigenvalue weighted by atomic mass is 79.9. The Morgan fingerprint density at radius 1 is 1.44 bits per heavy atom. The average molecular weight is 284 g/mol. The van der Waals surface area contributed by atoms with E-state index in [0.29, 0.717) is 5.92 Å². The van der Waals surface area contributed by atoms with Crippen LogP contribution in [0.2, 0.25) is 0 Å². The zero-order valence-electron chi connectivity index (χ0n) is 9.78. The quantitative estimate of drug-likeness (QED) is 0.851. The molecule has 2 aromatic rings. The normalized spacial score (nSPS) is 11.4. The highest BCUT2D eigenvalue weighted by Crippen LogP contribution is 2.30. The van der Waals surface area contributed by atoms with Gasteiger partial charge in [-0.3, -0.25) is 0 Å². The van der Waals surface area contributed by atoms with Crippen molar-refractivity contribution in [2.24, 2.45) is 0 Å². The summed E-state index contributed by atoms with van der Waals surface area (Å²) < 4.78 is 8.06. The maximum atomic E-state index is 5.45. The van der Waals surface area contributed by atoms with Crippen molar-refractivity contribution in [1.29, 1.82) is 0 Å². The molecule has 0 radical (unpaired) electrons. The topological polar surface area (TPSA) is 39.4 Å². The molecule has 0 saturated carbocycles. The second-order valence-corrected chi connectivity index (χ2v) is 4.86. The molecular formula is C11H14BrN3O. The predicted octanol–water partition coefficient (Wildman–Crippen LogP) is 2.93. The Balaban J connectivity index is 2.86. The van der Waals surface area contributed by atoms with Gasteiger partial charge in [-0.25, -0.2) is 4.98 Å². The molecule has 86 valence electrons. The van der Waals surface area contributed by atoms with Gasteiger partial charge < -0.3 is 4.74 Å². The Kier molecular flexibility index (Phi) is 2.88. The van der Waals surface area contributed by atoms with Gasteiger partial charge in [-0.1, -0.05) is 13.8 Å². The van der Waals surface area contributed by atoms with Crippen molar-refractivity contribution in [3.8, 4) is 5.88 Å². The van der Waals surface area contributed by atoms with Crippen LogP contribution in [0.15, 0.2) is 10.7 Å². The van der Waals surface area contributed by atoms with E-state index >= 15 is 0 Å². The van der Waals surface area contributed by atoms with Crippen molar-refractivity contribution >= 4 is 21.6 Å². The van der Waals surface area contributed by atoms with Crippen molar-refractivity contribution < 1.29 is 4.74 Å². The number of halogens is 1. The van der Waals surface area contributed by atoms with Crippen LogP contribution in [0.4, 0.5) is 0 Å².